The third-order valence-electron chi connectivity index (χ3n) is 2.45. The van der Waals surface area contributed by atoms with E-state index in [4.69, 9.17) is 5.26 Å². The Morgan fingerprint density at radius 2 is 2.31 bits per heavy atom. The summed E-state index contributed by atoms with van der Waals surface area (Å²) < 4.78 is 0.940. The zero-order chi connectivity index (χ0) is 12.0. The number of phenolic OH excluding ortho intramolecular Hbond substituents is 1. The molecule has 1 rings (SSSR count). The van der Waals surface area contributed by atoms with Crippen LogP contribution in [-0.4, -0.2) is 11.1 Å². The Balaban J connectivity index is 2.60. The molecule has 0 aliphatic heterocycles. The van der Waals surface area contributed by atoms with E-state index < -0.39 is 0 Å². The lowest BCUT2D eigenvalue weighted by molar-refractivity contribution is 0.453. The number of aromatic hydroxyl groups is 1. The lowest BCUT2D eigenvalue weighted by Crippen LogP contribution is -2.27. The van der Waals surface area contributed by atoms with Crippen LogP contribution in [0.3, 0.4) is 0 Å². The summed E-state index contributed by atoms with van der Waals surface area (Å²) in [4.78, 5) is 0. The molecule has 1 unspecified atom stereocenters. The minimum Gasteiger partial charge on any atom is -0.508 e. The molecule has 1 atom stereocenters. The predicted octanol–water partition coefficient (Wildman–Crippen LogP) is 2.94. The molecular weight excluding hydrogens is 268 g/mol. The van der Waals surface area contributed by atoms with Crippen molar-refractivity contribution in [3.8, 4) is 11.8 Å². The molecule has 0 aliphatic rings. The standard InChI is InChI=1S/C12H15BrN2O/c1-2-11(5-6-14)15-8-9-7-10(13)3-4-12(9)16/h3-4,7,11,15-16H,2,5,8H2,1H3. The van der Waals surface area contributed by atoms with Gasteiger partial charge in [0.2, 0.25) is 0 Å². The van der Waals surface area contributed by atoms with E-state index in [9.17, 15) is 5.11 Å². The smallest absolute Gasteiger partial charge is 0.120 e. The number of halogens is 1. The molecule has 0 saturated carbocycles. The van der Waals surface area contributed by atoms with Gasteiger partial charge in [0.1, 0.15) is 5.75 Å². The van der Waals surface area contributed by atoms with Gasteiger partial charge in [0.25, 0.3) is 0 Å². The van der Waals surface area contributed by atoms with Gasteiger partial charge in [0.15, 0.2) is 0 Å². The Labute approximate surface area is 104 Å². The number of nitrogens with one attached hydrogen (secondary N) is 1. The first-order valence-corrected chi connectivity index (χ1v) is 6.04. The monoisotopic (exact) mass is 282 g/mol. The normalized spacial score (nSPS) is 12.1. The largest absolute Gasteiger partial charge is 0.508 e. The van der Waals surface area contributed by atoms with Crippen molar-refractivity contribution in [3.63, 3.8) is 0 Å². The average Bonchev–Trinajstić information content (AvgIpc) is 2.28. The fourth-order valence-corrected chi connectivity index (χ4v) is 1.83. The van der Waals surface area contributed by atoms with Crippen LogP contribution in [0, 0.1) is 11.3 Å². The quantitative estimate of drug-likeness (QED) is 0.873. The second kappa shape index (κ2) is 6.51. The van der Waals surface area contributed by atoms with Gasteiger partial charge in [-0.25, -0.2) is 0 Å². The minimum absolute atomic E-state index is 0.184. The van der Waals surface area contributed by atoms with Gasteiger partial charge in [-0.15, -0.1) is 0 Å². The molecule has 0 spiro atoms. The van der Waals surface area contributed by atoms with Crippen molar-refractivity contribution in [1.82, 2.24) is 5.32 Å². The summed E-state index contributed by atoms with van der Waals surface area (Å²) in [6, 6.07) is 7.66. The predicted molar refractivity (Wildman–Crippen MR) is 67.0 cm³/mol. The van der Waals surface area contributed by atoms with Gasteiger partial charge in [-0.2, -0.15) is 5.26 Å². The highest BCUT2D eigenvalue weighted by atomic mass is 79.9. The van der Waals surface area contributed by atoms with Crippen LogP contribution in [0.2, 0.25) is 0 Å². The van der Waals surface area contributed by atoms with Crippen LogP contribution < -0.4 is 5.32 Å². The molecule has 0 heterocycles. The molecule has 0 aromatic heterocycles. The lowest BCUT2D eigenvalue weighted by atomic mass is 10.1. The first-order chi connectivity index (χ1) is 7.67. The van der Waals surface area contributed by atoms with Crippen LogP contribution in [0.15, 0.2) is 22.7 Å². The van der Waals surface area contributed by atoms with Gasteiger partial charge in [-0.3, -0.25) is 0 Å². The Morgan fingerprint density at radius 1 is 1.56 bits per heavy atom. The van der Waals surface area contributed by atoms with E-state index in [0.717, 1.165) is 16.5 Å². The summed E-state index contributed by atoms with van der Waals surface area (Å²) in [7, 11) is 0. The molecule has 1 aromatic carbocycles. The third kappa shape index (κ3) is 3.84. The molecule has 0 bridgehead atoms. The van der Waals surface area contributed by atoms with Crippen LogP contribution in [0.25, 0.3) is 0 Å². The molecule has 0 aliphatic carbocycles. The molecular formula is C12H15BrN2O. The first-order valence-electron chi connectivity index (χ1n) is 5.25. The molecule has 0 fully saturated rings. The van der Waals surface area contributed by atoms with Crippen LogP contribution in [0.5, 0.6) is 5.75 Å². The maximum absolute atomic E-state index is 9.62. The Kier molecular flexibility index (Phi) is 5.30. The molecule has 4 heteroatoms. The molecule has 0 amide bonds. The summed E-state index contributed by atoms with van der Waals surface area (Å²) in [5.74, 6) is 0.280. The molecule has 3 nitrogen and oxygen atoms in total. The number of hydrogen-bond acceptors (Lipinski definition) is 3. The molecule has 0 radical (unpaired) electrons. The summed E-state index contributed by atoms with van der Waals surface area (Å²) in [6.45, 7) is 2.61. The minimum atomic E-state index is 0.184. The maximum Gasteiger partial charge on any atom is 0.120 e. The van der Waals surface area contributed by atoms with E-state index in [1.807, 2.05) is 13.0 Å². The van der Waals surface area contributed by atoms with E-state index in [1.165, 1.54) is 0 Å². The zero-order valence-corrected chi connectivity index (χ0v) is 10.8. The van der Waals surface area contributed by atoms with Crippen molar-refractivity contribution in [3.05, 3.63) is 28.2 Å². The Hall–Kier alpha value is -1.05. The number of phenols is 1. The molecule has 1 aromatic rings. The molecule has 86 valence electrons. The van der Waals surface area contributed by atoms with Gasteiger partial charge < -0.3 is 10.4 Å². The fourth-order valence-electron chi connectivity index (χ4n) is 1.42. The van der Waals surface area contributed by atoms with E-state index in [-0.39, 0.29) is 11.8 Å². The van der Waals surface area contributed by atoms with Crippen molar-refractivity contribution in [2.75, 3.05) is 0 Å². The van der Waals surface area contributed by atoms with Crippen molar-refractivity contribution in [2.45, 2.75) is 32.4 Å². The van der Waals surface area contributed by atoms with Gasteiger partial charge in [0, 0.05) is 22.6 Å². The van der Waals surface area contributed by atoms with Gasteiger partial charge in [-0.1, -0.05) is 22.9 Å². The highest BCUT2D eigenvalue weighted by Gasteiger charge is 2.07. The average molecular weight is 283 g/mol. The highest BCUT2D eigenvalue weighted by Crippen LogP contribution is 2.21. The van der Waals surface area contributed by atoms with Gasteiger partial charge in [-0.05, 0) is 24.6 Å². The summed E-state index contributed by atoms with van der Waals surface area (Å²) in [6.07, 6.45) is 1.40. The van der Waals surface area contributed by atoms with Crippen molar-refractivity contribution < 1.29 is 5.11 Å². The molecule has 16 heavy (non-hydrogen) atoms. The SMILES string of the molecule is CCC(CC#N)NCc1cc(Br)ccc1O. The van der Waals surface area contributed by atoms with Gasteiger partial charge in [0.05, 0.1) is 12.5 Å². The van der Waals surface area contributed by atoms with E-state index >= 15 is 0 Å². The van der Waals surface area contributed by atoms with Crippen molar-refractivity contribution in [1.29, 1.82) is 5.26 Å². The molecule has 0 saturated heterocycles. The van der Waals surface area contributed by atoms with Crippen LogP contribution >= 0.6 is 15.9 Å². The Morgan fingerprint density at radius 3 is 2.94 bits per heavy atom. The van der Waals surface area contributed by atoms with Gasteiger partial charge >= 0.3 is 0 Å². The van der Waals surface area contributed by atoms with Crippen molar-refractivity contribution >= 4 is 15.9 Å². The summed E-state index contributed by atoms with van der Waals surface area (Å²) >= 11 is 3.36. The summed E-state index contributed by atoms with van der Waals surface area (Å²) in [5, 5.41) is 21.5. The van der Waals surface area contributed by atoms with Crippen LogP contribution in [-0.2, 0) is 6.54 Å². The zero-order valence-electron chi connectivity index (χ0n) is 9.20. The van der Waals surface area contributed by atoms with Crippen LogP contribution in [0.1, 0.15) is 25.3 Å². The number of nitrogens with zero attached hydrogens (tertiary/aromatic N) is 1. The fraction of sp³-hybridized carbons (Fsp3) is 0.417. The number of nitriles is 1. The van der Waals surface area contributed by atoms with E-state index in [0.29, 0.717) is 13.0 Å². The van der Waals surface area contributed by atoms with E-state index in [1.54, 1.807) is 12.1 Å². The maximum atomic E-state index is 9.62. The lowest BCUT2D eigenvalue weighted by Gasteiger charge is -2.14. The van der Waals surface area contributed by atoms with E-state index in [2.05, 4.69) is 27.3 Å². The third-order valence-corrected chi connectivity index (χ3v) is 2.95. The highest BCUT2D eigenvalue weighted by molar-refractivity contribution is 9.10. The van der Waals surface area contributed by atoms with Crippen molar-refractivity contribution in [2.24, 2.45) is 0 Å². The van der Waals surface area contributed by atoms with Crippen LogP contribution in [0.4, 0.5) is 0 Å². The summed E-state index contributed by atoms with van der Waals surface area (Å²) in [5.41, 5.74) is 0.839. The Bertz CT molecular complexity index is 387. The second-order valence-corrected chi connectivity index (χ2v) is 4.54. The topological polar surface area (TPSA) is 56.0 Å². The number of rotatable bonds is 5. The second-order valence-electron chi connectivity index (χ2n) is 3.62. The number of benzene rings is 1. The number of hydrogen-bond donors (Lipinski definition) is 2. The first kappa shape index (κ1) is 13.0. The molecule has 2 N–H and O–H groups in total.